The molecule has 0 aliphatic carbocycles. The van der Waals surface area contributed by atoms with Gasteiger partial charge in [0.2, 0.25) is 0 Å². The Hall–Kier alpha value is -8.86. The van der Waals surface area contributed by atoms with Gasteiger partial charge in [0.25, 0.3) is 0 Å². The molecule has 0 heterocycles. The number of hydrogen-bond acceptors (Lipinski definition) is 2. The predicted octanol–water partition coefficient (Wildman–Crippen LogP) is 20.9. The first-order valence-electron chi connectivity index (χ1n) is 30.4. The Morgan fingerprint density at radius 2 is 0.605 bits per heavy atom. The molecular formula is C72H58F2N2. The monoisotopic (exact) mass is 999 g/mol. The number of anilines is 6. The highest BCUT2D eigenvalue weighted by Gasteiger charge is 2.27. The van der Waals surface area contributed by atoms with Crippen molar-refractivity contribution in [3.8, 4) is 44.5 Å². The zero-order valence-electron chi connectivity index (χ0n) is 53.5. The van der Waals surface area contributed by atoms with Crippen molar-refractivity contribution in [3.63, 3.8) is 0 Å². The molecule has 12 aromatic carbocycles. The van der Waals surface area contributed by atoms with Crippen molar-refractivity contribution >= 4 is 66.4 Å². The molecule has 0 saturated carbocycles. The van der Waals surface area contributed by atoms with Crippen LogP contribution in [0.4, 0.5) is 42.9 Å². The minimum atomic E-state index is -0.731. The van der Waals surface area contributed by atoms with Gasteiger partial charge in [-0.15, -0.1) is 0 Å². The number of nitrogens with zero attached hydrogens (tertiary/aromatic N) is 2. The van der Waals surface area contributed by atoms with E-state index in [-0.39, 0.29) is 34.1 Å². The molecule has 0 radical (unpaired) electrons. The summed E-state index contributed by atoms with van der Waals surface area (Å²) in [6, 6.07) is 38.8. The van der Waals surface area contributed by atoms with E-state index in [1.165, 1.54) is 21.9 Å². The van der Waals surface area contributed by atoms with Crippen molar-refractivity contribution in [1.82, 2.24) is 0 Å². The summed E-state index contributed by atoms with van der Waals surface area (Å²) >= 11 is 0. The van der Waals surface area contributed by atoms with E-state index in [2.05, 4.69) is 0 Å². The highest BCUT2D eigenvalue weighted by atomic mass is 19.1. The summed E-state index contributed by atoms with van der Waals surface area (Å²) in [5, 5.41) is 3.62. The molecule has 0 spiro atoms. The molecule has 370 valence electrons. The summed E-state index contributed by atoms with van der Waals surface area (Å²) in [5.74, 6) is -1.46. The lowest BCUT2D eigenvalue weighted by molar-refractivity contribution is 0.629. The predicted molar refractivity (Wildman–Crippen MR) is 319 cm³/mol. The van der Waals surface area contributed by atoms with Crippen LogP contribution in [-0.2, 0) is 0 Å². The van der Waals surface area contributed by atoms with Gasteiger partial charge in [-0.05, 0) is 227 Å². The first kappa shape index (κ1) is 37.8. The zero-order valence-corrected chi connectivity index (χ0v) is 43.5. The van der Waals surface area contributed by atoms with Crippen LogP contribution in [0.25, 0.3) is 76.8 Å². The van der Waals surface area contributed by atoms with E-state index in [4.69, 9.17) is 8.22 Å². The van der Waals surface area contributed by atoms with Crippen molar-refractivity contribution in [3.05, 3.63) is 262 Å². The molecular weight excluding hydrogens is 931 g/mol. The van der Waals surface area contributed by atoms with Crippen molar-refractivity contribution in [2.24, 2.45) is 0 Å². The van der Waals surface area contributed by atoms with Crippen LogP contribution < -0.4 is 9.80 Å². The van der Waals surface area contributed by atoms with Crippen LogP contribution in [-0.4, -0.2) is 0 Å². The maximum absolute atomic E-state index is 18.1. The van der Waals surface area contributed by atoms with Crippen LogP contribution in [0.3, 0.4) is 0 Å². The third-order valence-corrected chi connectivity index (χ3v) is 15.4. The van der Waals surface area contributed by atoms with Gasteiger partial charge in [0, 0.05) is 22.1 Å². The van der Waals surface area contributed by atoms with Crippen molar-refractivity contribution in [2.75, 3.05) is 9.80 Å². The highest BCUT2D eigenvalue weighted by molar-refractivity contribution is 6.28. The smallest absolute Gasteiger partial charge is 0.147 e. The molecule has 0 atom stereocenters. The van der Waals surface area contributed by atoms with Gasteiger partial charge in [0.05, 0.1) is 36.5 Å². The topological polar surface area (TPSA) is 6.48 Å². The first-order chi connectivity index (χ1) is 40.9. The molecule has 0 amide bonds. The van der Waals surface area contributed by atoms with E-state index in [0.29, 0.717) is 54.6 Å². The molecule has 2 nitrogen and oxygen atoms in total. The maximum Gasteiger partial charge on any atom is 0.147 e. The van der Waals surface area contributed by atoms with Gasteiger partial charge in [-0.2, -0.15) is 0 Å². The van der Waals surface area contributed by atoms with Gasteiger partial charge in [-0.3, -0.25) is 0 Å². The number of para-hydroxylation sites is 2. The molecule has 0 aromatic heterocycles. The number of hydrogen-bond donors (Lipinski definition) is 0. The van der Waals surface area contributed by atoms with Crippen LogP contribution >= 0.6 is 0 Å². The normalized spacial score (nSPS) is 13.4. The molecule has 0 unspecified atom stereocenters. The van der Waals surface area contributed by atoms with E-state index in [0.717, 1.165) is 66.8 Å². The van der Waals surface area contributed by atoms with Gasteiger partial charge in [0.1, 0.15) is 11.6 Å². The van der Waals surface area contributed by atoms with Crippen molar-refractivity contribution < 1.29 is 22.5 Å². The molecule has 0 bridgehead atoms. The number of aryl methyl sites for hydroxylation is 8. The third-order valence-electron chi connectivity index (χ3n) is 15.4. The second-order valence-corrected chi connectivity index (χ2v) is 20.1. The second-order valence-electron chi connectivity index (χ2n) is 20.1. The van der Waals surface area contributed by atoms with Crippen LogP contribution in [0.5, 0.6) is 0 Å². The quantitative estimate of drug-likeness (QED) is 0.126. The molecule has 0 fully saturated rings. The molecule has 0 N–H and O–H groups in total. The first-order valence-corrected chi connectivity index (χ1v) is 25.4. The summed E-state index contributed by atoms with van der Waals surface area (Å²) < 4.78 is 127. The lowest BCUT2D eigenvalue weighted by Gasteiger charge is -2.30. The summed E-state index contributed by atoms with van der Waals surface area (Å²) in [4.78, 5) is 2.83. The summed E-state index contributed by atoms with van der Waals surface area (Å²) in [6.45, 7) is 16.0. The molecule has 0 saturated heterocycles. The highest BCUT2D eigenvalue weighted by Crippen LogP contribution is 2.50. The standard InChI is InChI=1S/C72H58F2N2/c1-43-19-23-53(35-47(43)5)61-39-65(73)69(41-63(61)55-25-21-45(3)49(7)37-55)75(57-15-11-9-12-16-57)67-33-29-51-28-32-60-68(34-30-52-27-31-59(67)71(51)72(52)60)76(58-17-13-10-14-18-58)70-42-64(56-26-22-46(4)50(8)38-56)62(40-66(70)74)54-24-20-44(2)48(6)36-54/h9-42H,1-8H3/i9D,10D,11D,12D,13D,14D,15D,16D,17D,18D. The zero-order chi connectivity index (χ0) is 61.2. The van der Waals surface area contributed by atoms with Crippen LogP contribution in [0.2, 0.25) is 0 Å². The Morgan fingerprint density at radius 3 is 0.921 bits per heavy atom. The van der Waals surface area contributed by atoms with Crippen LogP contribution in [0.1, 0.15) is 58.2 Å². The number of halogens is 2. The number of rotatable bonds is 10. The Morgan fingerprint density at radius 1 is 0.303 bits per heavy atom. The van der Waals surface area contributed by atoms with Gasteiger partial charge in [-0.1, -0.05) is 145 Å². The molecule has 0 aliphatic heterocycles. The number of benzene rings is 12. The van der Waals surface area contributed by atoms with Gasteiger partial charge < -0.3 is 9.80 Å². The minimum Gasteiger partial charge on any atom is -0.307 e. The minimum absolute atomic E-state index is 0.0910. The Balaban J connectivity index is 1.17. The summed E-state index contributed by atoms with van der Waals surface area (Å²) in [7, 11) is 0. The van der Waals surface area contributed by atoms with Gasteiger partial charge in [-0.25, -0.2) is 8.78 Å². The van der Waals surface area contributed by atoms with E-state index < -0.39 is 72.1 Å². The Labute approximate surface area is 459 Å². The fourth-order valence-electron chi connectivity index (χ4n) is 10.7. The SMILES string of the molecule is [2H]c1c([2H])c([2H])c(N(c2cc(-c3ccc(C)c(C)c3)c(-c3ccc(C)c(C)c3)cc2F)c2ccc3ccc4c(N(c5cc(-c6ccc(C)c(C)c6)c(-c6ccc(C)c(C)c6)cc5F)c5c([2H])c([2H])c([2H])c([2H])c5[2H])ccc5ccc2c3c54)c([2H])c1[2H]. The van der Waals surface area contributed by atoms with E-state index >= 15 is 8.78 Å². The van der Waals surface area contributed by atoms with Crippen molar-refractivity contribution in [1.29, 1.82) is 0 Å². The lowest BCUT2D eigenvalue weighted by Crippen LogP contribution is -2.13. The second kappa shape index (κ2) is 19.1. The van der Waals surface area contributed by atoms with Crippen LogP contribution in [0, 0.1) is 67.0 Å². The van der Waals surface area contributed by atoms with Gasteiger partial charge >= 0.3 is 0 Å². The van der Waals surface area contributed by atoms with Crippen LogP contribution in [0.15, 0.2) is 206 Å². The molecule has 12 rings (SSSR count). The van der Waals surface area contributed by atoms with Gasteiger partial charge in [0.15, 0.2) is 0 Å². The fourth-order valence-corrected chi connectivity index (χ4v) is 10.7. The fraction of sp³-hybridized carbons (Fsp3) is 0.111. The van der Waals surface area contributed by atoms with E-state index in [1.54, 1.807) is 24.3 Å². The summed E-state index contributed by atoms with van der Waals surface area (Å²) in [5.41, 5.74) is 13.5. The lowest BCUT2D eigenvalue weighted by atomic mass is 9.89. The molecule has 76 heavy (non-hydrogen) atoms. The Bertz CT molecular complexity index is 4500. The molecule has 4 heteroatoms. The van der Waals surface area contributed by atoms with E-state index in [9.17, 15) is 5.48 Å². The largest absolute Gasteiger partial charge is 0.307 e. The average molecular weight is 999 g/mol. The molecule has 0 aliphatic rings. The Kier molecular flexibility index (Phi) is 9.51. The third kappa shape index (κ3) is 8.35. The molecule has 12 aromatic rings. The van der Waals surface area contributed by atoms with E-state index in [1.807, 2.05) is 165 Å². The average Bonchev–Trinajstić information content (AvgIpc) is 0.958. The summed E-state index contributed by atoms with van der Waals surface area (Å²) in [6.07, 6.45) is 0. The maximum atomic E-state index is 18.1. The van der Waals surface area contributed by atoms with Crippen molar-refractivity contribution in [2.45, 2.75) is 55.4 Å².